The van der Waals surface area contributed by atoms with Crippen LogP contribution >= 0.6 is 0 Å². The highest BCUT2D eigenvalue weighted by Crippen LogP contribution is 2.19. The predicted octanol–water partition coefficient (Wildman–Crippen LogP) is 3.42. The average molecular weight is 310 g/mol. The van der Waals surface area contributed by atoms with Gasteiger partial charge in [-0.25, -0.2) is 0 Å². The molecular formula is C19H22N2O2. The molecule has 0 atom stereocenters. The third kappa shape index (κ3) is 3.70. The van der Waals surface area contributed by atoms with Crippen molar-refractivity contribution in [2.45, 2.75) is 38.1 Å². The van der Waals surface area contributed by atoms with Crippen LogP contribution in [0.15, 0.2) is 53.7 Å². The fourth-order valence-corrected chi connectivity index (χ4v) is 3.00. The fraction of sp³-hybridized carbons (Fsp3) is 0.368. The molecule has 1 heterocycles. The maximum Gasteiger partial charge on any atom is 0.263 e. The van der Waals surface area contributed by atoms with E-state index in [1.807, 2.05) is 30.3 Å². The molecule has 4 heteroatoms. The fourth-order valence-electron chi connectivity index (χ4n) is 3.00. The van der Waals surface area contributed by atoms with Crippen molar-refractivity contribution >= 4 is 5.91 Å². The zero-order valence-electron chi connectivity index (χ0n) is 13.4. The smallest absolute Gasteiger partial charge is 0.263 e. The highest BCUT2D eigenvalue weighted by atomic mass is 16.5. The van der Waals surface area contributed by atoms with E-state index in [2.05, 4.69) is 0 Å². The number of hydrogen-bond donors (Lipinski definition) is 0. The van der Waals surface area contributed by atoms with E-state index in [-0.39, 0.29) is 5.91 Å². The number of methoxy groups -OCH3 is 1. The molecule has 4 nitrogen and oxygen atoms in total. The first-order chi connectivity index (χ1) is 11.3. The summed E-state index contributed by atoms with van der Waals surface area (Å²) in [6.45, 7) is 0. The molecule has 1 aliphatic carbocycles. The number of rotatable bonds is 3. The summed E-state index contributed by atoms with van der Waals surface area (Å²) in [4.78, 5) is 17.6. The summed E-state index contributed by atoms with van der Waals surface area (Å²) in [6.07, 6.45) is 7.76. The van der Waals surface area contributed by atoms with Crippen molar-refractivity contribution in [1.82, 2.24) is 4.57 Å². The first kappa shape index (κ1) is 15.5. The van der Waals surface area contributed by atoms with Crippen molar-refractivity contribution in [3.05, 3.63) is 59.7 Å². The molecule has 0 unspecified atom stereocenters. The molecule has 0 spiro atoms. The van der Waals surface area contributed by atoms with Crippen molar-refractivity contribution in [2.75, 3.05) is 7.11 Å². The third-order valence-corrected chi connectivity index (χ3v) is 4.26. The van der Waals surface area contributed by atoms with Crippen LogP contribution in [0.2, 0.25) is 0 Å². The Hall–Kier alpha value is -2.36. The monoisotopic (exact) mass is 310 g/mol. The van der Waals surface area contributed by atoms with Gasteiger partial charge >= 0.3 is 0 Å². The zero-order valence-corrected chi connectivity index (χ0v) is 13.4. The summed E-state index contributed by atoms with van der Waals surface area (Å²) in [7, 11) is 1.60. The number of ether oxygens (including phenoxy) is 1. The highest BCUT2D eigenvalue weighted by molar-refractivity contribution is 5.96. The second-order valence-electron chi connectivity index (χ2n) is 5.89. The molecule has 3 rings (SSSR count). The molecule has 23 heavy (non-hydrogen) atoms. The van der Waals surface area contributed by atoms with Gasteiger partial charge in [0.2, 0.25) is 0 Å². The van der Waals surface area contributed by atoms with Gasteiger partial charge in [-0.2, -0.15) is 0 Å². The summed E-state index contributed by atoms with van der Waals surface area (Å²) < 4.78 is 6.84. The number of benzene rings is 1. The van der Waals surface area contributed by atoms with E-state index >= 15 is 0 Å². The Morgan fingerprint density at radius 2 is 1.96 bits per heavy atom. The van der Waals surface area contributed by atoms with E-state index < -0.39 is 0 Å². The molecule has 1 aliphatic rings. The molecule has 1 saturated carbocycles. The van der Waals surface area contributed by atoms with Crippen LogP contribution < -0.4 is 10.2 Å². The van der Waals surface area contributed by atoms with Gasteiger partial charge in [-0.3, -0.25) is 14.4 Å². The molecule has 2 aromatic rings. The van der Waals surface area contributed by atoms with E-state index in [0.29, 0.717) is 17.4 Å². The van der Waals surface area contributed by atoms with Gasteiger partial charge in [-0.05, 0) is 43.2 Å². The van der Waals surface area contributed by atoms with Gasteiger partial charge in [0, 0.05) is 11.8 Å². The summed E-state index contributed by atoms with van der Waals surface area (Å²) in [5.41, 5.74) is 1.33. The number of carbonyl (C=O) groups is 1. The topological polar surface area (TPSA) is 43.6 Å². The molecule has 0 amide bonds. The highest BCUT2D eigenvalue weighted by Gasteiger charge is 2.13. The van der Waals surface area contributed by atoms with Crippen LogP contribution in [0.1, 0.15) is 42.5 Å². The molecule has 0 saturated heterocycles. The minimum absolute atomic E-state index is 0.0842. The lowest BCUT2D eigenvalue weighted by Crippen LogP contribution is -2.29. The Bertz CT molecular complexity index is 743. The molecule has 0 N–H and O–H groups in total. The van der Waals surface area contributed by atoms with Gasteiger partial charge in [0.25, 0.3) is 5.91 Å². The van der Waals surface area contributed by atoms with Crippen molar-refractivity contribution in [3.63, 3.8) is 0 Å². The largest absolute Gasteiger partial charge is 0.497 e. The van der Waals surface area contributed by atoms with E-state index in [9.17, 15) is 4.79 Å². The van der Waals surface area contributed by atoms with Crippen molar-refractivity contribution < 1.29 is 9.53 Å². The average Bonchev–Trinajstić information content (AvgIpc) is 2.62. The molecule has 1 aromatic heterocycles. The minimum Gasteiger partial charge on any atom is -0.497 e. The summed E-state index contributed by atoms with van der Waals surface area (Å²) in [6, 6.07) is 13.2. The van der Waals surface area contributed by atoms with Gasteiger partial charge in [-0.15, -0.1) is 0 Å². The maximum absolute atomic E-state index is 12.8. The van der Waals surface area contributed by atoms with E-state index in [1.54, 1.807) is 30.0 Å². The maximum atomic E-state index is 12.8. The van der Waals surface area contributed by atoms with Crippen LogP contribution in [0.3, 0.4) is 0 Å². The standard InChI is InChI=1S/C19H22N2O2/c1-23-17-11-7-8-15(14-17)19(22)21-13-6-5-12-18(21)20-16-9-3-2-4-10-16/h5-8,11-14,16H,2-4,9-10H2,1H3. The number of nitrogens with zero attached hydrogens (tertiary/aromatic N) is 2. The summed E-state index contributed by atoms with van der Waals surface area (Å²) >= 11 is 0. The minimum atomic E-state index is -0.0842. The SMILES string of the molecule is COc1cccc(C(=O)n2ccccc2=NC2CCCCC2)c1. The zero-order chi connectivity index (χ0) is 16.1. The Morgan fingerprint density at radius 1 is 1.13 bits per heavy atom. The Balaban J connectivity index is 1.95. The van der Waals surface area contributed by atoms with Crippen LogP contribution in [-0.2, 0) is 0 Å². The van der Waals surface area contributed by atoms with Gasteiger partial charge in [0.1, 0.15) is 11.2 Å². The molecule has 1 aromatic carbocycles. The first-order valence-corrected chi connectivity index (χ1v) is 8.18. The number of carbonyl (C=O) groups excluding carboxylic acids is 1. The number of aromatic nitrogens is 1. The molecule has 0 aliphatic heterocycles. The van der Waals surface area contributed by atoms with Gasteiger partial charge in [0.15, 0.2) is 0 Å². The van der Waals surface area contributed by atoms with Gasteiger partial charge in [0.05, 0.1) is 13.2 Å². The number of pyridine rings is 1. The van der Waals surface area contributed by atoms with Crippen LogP contribution in [-0.4, -0.2) is 23.6 Å². The molecular weight excluding hydrogens is 288 g/mol. The predicted molar refractivity (Wildman–Crippen MR) is 89.6 cm³/mol. The van der Waals surface area contributed by atoms with Crippen molar-refractivity contribution in [3.8, 4) is 5.75 Å². The van der Waals surface area contributed by atoms with Crippen molar-refractivity contribution in [1.29, 1.82) is 0 Å². The molecule has 0 bridgehead atoms. The lowest BCUT2D eigenvalue weighted by atomic mass is 9.96. The van der Waals surface area contributed by atoms with Gasteiger partial charge < -0.3 is 4.74 Å². The third-order valence-electron chi connectivity index (χ3n) is 4.26. The Kier molecular flexibility index (Phi) is 4.91. The molecule has 1 fully saturated rings. The molecule has 0 radical (unpaired) electrons. The lowest BCUT2D eigenvalue weighted by molar-refractivity contribution is 0.0954. The van der Waals surface area contributed by atoms with Crippen LogP contribution in [0.5, 0.6) is 5.75 Å². The van der Waals surface area contributed by atoms with Gasteiger partial charge in [-0.1, -0.05) is 31.4 Å². The number of hydrogen-bond acceptors (Lipinski definition) is 3. The first-order valence-electron chi connectivity index (χ1n) is 8.18. The Labute approximate surface area is 136 Å². The Morgan fingerprint density at radius 3 is 2.74 bits per heavy atom. The second-order valence-corrected chi connectivity index (χ2v) is 5.89. The van der Waals surface area contributed by atoms with E-state index in [4.69, 9.17) is 9.73 Å². The summed E-state index contributed by atoms with van der Waals surface area (Å²) in [5.74, 6) is 0.595. The van der Waals surface area contributed by atoms with Crippen LogP contribution in [0.25, 0.3) is 0 Å². The quantitative estimate of drug-likeness (QED) is 0.872. The normalized spacial score (nSPS) is 16.3. The van der Waals surface area contributed by atoms with Crippen LogP contribution in [0.4, 0.5) is 0 Å². The van der Waals surface area contributed by atoms with Crippen molar-refractivity contribution in [2.24, 2.45) is 4.99 Å². The van der Waals surface area contributed by atoms with Crippen LogP contribution in [0, 0.1) is 0 Å². The second kappa shape index (κ2) is 7.27. The summed E-state index contributed by atoms with van der Waals surface area (Å²) in [5, 5.41) is 0. The molecule has 120 valence electrons. The van der Waals surface area contributed by atoms with E-state index in [0.717, 1.165) is 18.3 Å². The lowest BCUT2D eigenvalue weighted by Gasteiger charge is -2.17. The van der Waals surface area contributed by atoms with E-state index in [1.165, 1.54) is 19.3 Å².